The van der Waals surface area contributed by atoms with E-state index in [-0.39, 0.29) is 0 Å². The van der Waals surface area contributed by atoms with Crippen LogP contribution in [-0.4, -0.2) is 0 Å². The molecule has 0 fully saturated rings. The minimum Gasteiger partial charge on any atom is -0.0622 e. The Balaban J connectivity index is 0.000000234. The van der Waals surface area contributed by atoms with Crippen molar-refractivity contribution in [2.75, 3.05) is 0 Å². The van der Waals surface area contributed by atoms with Crippen molar-refractivity contribution in [1.82, 2.24) is 0 Å². The molecule has 0 unspecified atom stereocenters. The molecular formula is C60H78P2. The van der Waals surface area contributed by atoms with Gasteiger partial charge in [-0.2, -0.15) is 0 Å². The average Bonchev–Trinajstić information content (AvgIpc) is 3.24. The molecule has 6 aromatic rings. The van der Waals surface area contributed by atoms with Crippen LogP contribution in [0.1, 0.15) is 203 Å². The third-order valence-corrected chi connectivity index (χ3v) is 17.8. The number of hydrogen-bond acceptors (Lipinski definition) is 0. The second-order valence-electron chi connectivity index (χ2n) is 19.7. The topological polar surface area (TPSA) is 0 Å². The number of benzene rings is 6. The maximum atomic E-state index is 2.37. The van der Waals surface area contributed by atoms with Crippen LogP contribution in [-0.2, 0) is 0 Å². The van der Waals surface area contributed by atoms with E-state index in [2.05, 4.69) is 244 Å². The highest BCUT2D eigenvalue weighted by atomic mass is 31.1. The largest absolute Gasteiger partial charge is 0.0622 e. The second-order valence-corrected chi connectivity index (χ2v) is 23.9. The number of rotatable bonds is 14. The van der Waals surface area contributed by atoms with E-state index in [0.717, 1.165) is 0 Å². The van der Waals surface area contributed by atoms with Gasteiger partial charge < -0.3 is 0 Å². The Morgan fingerprint density at radius 1 is 0.210 bits per heavy atom. The Morgan fingerprint density at radius 2 is 0.371 bits per heavy atom. The standard InChI is InChI=1S/2C30H39P/c2*1-20(2)25-16-12-17-26(21(3)4)29(25)31(24-14-10-9-11-15-24)30-27(22(5)6)18-13-19-28(30)23(7)8/h2*9-23H,1-8H3. The van der Waals surface area contributed by atoms with Gasteiger partial charge in [-0.25, -0.2) is 0 Å². The lowest BCUT2D eigenvalue weighted by atomic mass is 9.95. The predicted octanol–water partition coefficient (Wildman–Crippen LogP) is 15.9. The molecule has 0 aliphatic carbocycles. The molecule has 0 atom stereocenters. The van der Waals surface area contributed by atoms with Crippen molar-refractivity contribution in [1.29, 1.82) is 0 Å². The lowest BCUT2D eigenvalue weighted by Crippen LogP contribution is -2.31. The van der Waals surface area contributed by atoms with Crippen molar-refractivity contribution in [3.8, 4) is 0 Å². The molecule has 6 aromatic carbocycles. The second kappa shape index (κ2) is 22.2. The van der Waals surface area contributed by atoms with Crippen LogP contribution >= 0.6 is 15.8 Å². The average molecular weight is 861 g/mol. The van der Waals surface area contributed by atoms with Crippen molar-refractivity contribution in [3.63, 3.8) is 0 Å². The fraction of sp³-hybridized carbons (Fsp3) is 0.400. The van der Waals surface area contributed by atoms with E-state index in [1.54, 1.807) is 21.2 Å². The molecule has 0 amide bonds. The lowest BCUT2D eigenvalue weighted by molar-refractivity contribution is 0.842. The molecule has 0 radical (unpaired) electrons. The predicted molar refractivity (Wildman–Crippen MR) is 283 cm³/mol. The van der Waals surface area contributed by atoms with Crippen molar-refractivity contribution in [2.45, 2.75) is 158 Å². The summed E-state index contributed by atoms with van der Waals surface area (Å²) in [5.74, 6) is 3.97. The molecule has 0 aliphatic rings. The Kier molecular flexibility index (Phi) is 17.6. The Labute approximate surface area is 381 Å². The molecule has 0 saturated heterocycles. The summed E-state index contributed by atoms with van der Waals surface area (Å²) < 4.78 is 0. The third-order valence-electron chi connectivity index (χ3n) is 12.3. The third kappa shape index (κ3) is 11.1. The van der Waals surface area contributed by atoms with E-state index in [4.69, 9.17) is 0 Å². The van der Waals surface area contributed by atoms with Crippen LogP contribution in [0.15, 0.2) is 133 Å². The van der Waals surface area contributed by atoms with E-state index < -0.39 is 15.8 Å². The van der Waals surface area contributed by atoms with Crippen LogP contribution in [0.25, 0.3) is 0 Å². The summed E-state index contributed by atoms with van der Waals surface area (Å²) in [4.78, 5) is 0. The fourth-order valence-electron chi connectivity index (χ4n) is 8.97. The summed E-state index contributed by atoms with van der Waals surface area (Å²) in [5, 5.41) is 9.27. The Morgan fingerprint density at radius 3 is 0.516 bits per heavy atom. The van der Waals surface area contributed by atoms with Gasteiger partial charge in [0.05, 0.1) is 0 Å². The summed E-state index contributed by atoms with van der Waals surface area (Å²) in [6, 6.07) is 50.6. The molecule has 0 nitrogen and oxygen atoms in total. The summed E-state index contributed by atoms with van der Waals surface area (Å²) in [6.45, 7) is 37.5. The van der Waals surface area contributed by atoms with Crippen molar-refractivity contribution in [2.24, 2.45) is 0 Å². The van der Waals surface area contributed by atoms with Gasteiger partial charge in [0.25, 0.3) is 0 Å². The molecule has 0 N–H and O–H groups in total. The van der Waals surface area contributed by atoms with Crippen LogP contribution in [0, 0.1) is 0 Å². The van der Waals surface area contributed by atoms with Gasteiger partial charge in [-0.15, -0.1) is 0 Å². The van der Waals surface area contributed by atoms with E-state index >= 15 is 0 Å². The highest BCUT2D eigenvalue weighted by molar-refractivity contribution is 7.80. The molecule has 0 spiro atoms. The summed E-state index contributed by atoms with van der Waals surface area (Å²) >= 11 is 0. The molecule has 0 bridgehead atoms. The molecule has 0 aliphatic heterocycles. The molecule has 62 heavy (non-hydrogen) atoms. The normalized spacial score (nSPS) is 12.0. The first-order valence-electron chi connectivity index (χ1n) is 23.7. The van der Waals surface area contributed by atoms with Crippen LogP contribution in [0.3, 0.4) is 0 Å². The summed E-state index contributed by atoms with van der Waals surface area (Å²) in [6.07, 6.45) is 0. The van der Waals surface area contributed by atoms with Gasteiger partial charge in [0.1, 0.15) is 0 Å². The van der Waals surface area contributed by atoms with Gasteiger partial charge in [-0.05, 0) is 140 Å². The first kappa shape index (κ1) is 49.2. The van der Waals surface area contributed by atoms with Crippen LogP contribution in [0.4, 0.5) is 0 Å². The van der Waals surface area contributed by atoms with E-state index in [1.165, 1.54) is 55.1 Å². The molecular weight excluding hydrogens is 783 g/mol. The Bertz CT molecular complexity index is 1930. The maximum absolute atomic E-state index is 2.37. The van der Waals surface area contributed by atoms with Crippen LogP contribution in [0.5, 0.6) is 0 Å². The SMILES string of the molecule is CC(C)c1cccc(C(C)C)c1P(c1ccccc1)c1c(C(C)C)cccc1C(C)C.CC(C)c1cccc(C(C)C)c1P(c1ccccc1)c1c(C(C)C)cccc1C(C)C. The Hall–Kier alpha value is -3.82. The zero-order valence-corrected chi connectivity index (χ0v) is 43.0. The molecule has 328 valence electrons. The van der Waals surface area contributed by atoms with Gasteiger partial charge in [0.2, 0.25) is 0 Å². The zero-order chi connectivity index (χ0) is 45.4. The quantitative estimate of drug-likeness (QED) is 0.0957. The molecule has 0 saturated carbocycles. The van der Waals surface area contributed by atoms with Gasteiger partial charge in [0.15, 0.2) is 0 Å². The smallest absolute Gasteiger partial charge is 0.00816 e. The maximum Gasteiger partial charge on any atom is -0.00816 e. The van der Waals surface area contributed by atoms with Gasteiger partial charge in [-0.3, -0.25) is 0 Å². The summed E-state index contributed by atoms with van der Waals surface area (Å²) in [7, 11) is -1.32. The molecule has 6 rings (SSSR count). The van der Waals surface area contributed by atoms with Gasteiger partial charge in [0, 0.05) is 0 Å². The fourth-order valence-corrected chi connectivity index (χ4v) is 16.1. The minimum absolute atomic E-state index is 0.496. The van der Waals surface area contributed by atoms with Crippen LogP contribution in [0.2, 0.25) is 0 Å². The summed E-state index contributed by atoms with van der Waals surface area (Å²) in [5.41, 5.74) is 12.1. The van der Waals surface area contributed by atoms with Crippen LogP contribution < -0.4 is 31.8 Å². The monoisotopic (exact) mass is 861 g/mol. The molecule has 0 aromatic heterocycles. The number of hydrogen-bond donors (Lipinski definition) is 0. The zero-order valence-electron chi connectivity index (χ0n) is 41.2. The minimum atomic E-state index is -0.659. The van der Waals surface area contributed by atoms with Gasteiger partial charge in [-0.1, -0.05) is 244 Å². The highest BCUT2D eigenvalue weighted by Gasteiger charge is 2.31. The van der Waals surface area contributed by atoms with E-state index in [9.17, 15) is 0 Å². The first-order valence-corrected chi connectivity index (χ1v) is 26.4. The first-order chi connectivity index (χ1) is 29.5. The van der Waals surface area contributed by atoms with Crippen molar-refractivity contribution >= 4 is 47.7 Å². The highest BCUT2D eigenvalue weighted by Crippen LogP contribution is 2.45. The lowest BCUT2D eigenvalue weighted by Gasteiger charge is -2.32. The van der Waals surface area contributed by atoms with Crippen molar-refractivity contribution < 1.29 is 0 Å². The van der Waals surface area contributed by atoms with E-state index in [1.807, 2.05) is 0 Å². The van der Waals surface area contributed by atoms with Crippen molar-refractivity contribution in [3.05, 3.63) is 178 Å². The van der Waals surface area contributed by atoms with E-state index in [0.29, 0.717) is 47.3 Å². The molecule has 0 heterocycles. The van der Waals surface area contributed by atoms with Gasteiger partial charge >= 0.3 is 0 Å². The molecule has 2 heteroatoms.